The lowest BCUT2D eigenvalue weighted by Gasteiger charge is -2.24. The molecule has 0 aliphatic carbocycles. The number of fused-ring (bicyclic) bond motifs is 1. The highest BCUT2D eigenvalue weighted by Gasteiger charge is 2.33. The van der Waals surface area contributed by atoms with Crippen molar-refractivity contribution in [2.75, 3.05) is 13.2 Å². The first-order valence-corrected chi connectivity index (χ1v) is 12.3. The fraction of sp³-hybridized carbons (Fsp3) is 0.240. The minimum absolute atomic E-state index is 0.0783. The Labute approximate surface area is 199 Å². The molecule has 0 radical (unpaired) electrons. The summed E-state index contributed by atoms with van der Waals surface area (Å²) in [6.45, 7) is 8.12. The van der Waals surface area contributed by atoms with Crippen LogP contribution in [0.5, 0.6) is 5.75 Å². The summed E-state index contributed by atoms with van der Waals surface area (Å²) >= 11 is 2.87. The van der Waals surface area contributed by atoms with Crippen molar-refractivity contribution in [2.45, 2.75) is 26.3 Å². The van der Waals surface area contributed by atoms with Gasteiger partial charge in [-0.1, -0.05) is 49.1 Å². The molecule has 0 spiro atoms. The average molecular weight is 481 g/mol. The van der Waals surface area contributed by atoms with E-state index in [9.17, 15) is 9.59 Å². The molecule has 33 heavy (non-hydrogen) atoms. The maximum atomic E-state index is 13.5. The fourth-order valence-corrected chi connectivity index (χ4v) is 5.35. The topological polar surface area (TPSA) is 69.9 Å². The zero-order valence-electron chi connectivity index (χ0n) is 18.4. The van der Waals surface area contributed by atoms with Crippen LogP contribution in [0.1, 0.15) is 36.8 Å². The summed E-state index contributed by atoms with van der Waals surface area (Å²) in [5.74, 6) is 0.224. The molecule has 6 nitrogen and oxygen atoms in total. The molecule has 0 N–H and O–H groups in total. The Morgan fingerprint density at radius 1 is 1.27 bits per heavy atom. The first-order valence-electron chi connectivity index (χ1n) is 10.6. The monoisotopic (exact) mass is 480 g/mol. The van der Waals surface area contributed by atoms with E-state index in [1.807, 2.05) is 54.8 Å². The van der Waals surface area contributed by atoms with E-state index in [4.69, 9.17) is 9.47 Å². The van der Waals surface area contributed by atoms with Crippen LogP contribution in [-0.4, -0.2) is 23.8 Å². The summed E-state index contributed by atoms with van der Waals surface area (Å²) < 4.78 is 13.2. The van der Waals surface area contributed by atoms with Crippen LogP contribution in [-0.2, 0) is 9.53 Å². The molecular weight excluding hydrogens is 456 g/mol. The minimum Gasteiger partial charge on any atom is -0.494 e. The van der Waals surface area contributed by atoms with Gasteiger partial charge < -0.3 is 9.47 Å². The summed E-state index contributed by atoms with van der Waals surface area (Å²) in [5, 5.41) is 1.96. The van der Waals surface area contributed by atoms with Crippen molar-refractivity contribution in [1.82, 2.24) is 4.57 Å². The van der Waals surface area contributed by atoms with Crippen molar-refractivity contribution >= 4 is 34.7 Å². The van der Waals surface area contributed by atoms with Crippen molar-refractivity contribution in [3.05, 3.63) is 95.8 Å². The molecule has 1 aliphatic heterocycles. The fourth-order valence-electron chi connectivity index (χ4n) is 3.58. The zero-order valence-corrected chi connectivity index (χ0v) is 20.1. The first-order chi connectivity index (χ1) is 16.0. The van der Waals surface area contributed by atoms with E-state index in [1.54, 1.807) is 22.8 Å². The molecule has 3 heterocycles. The van der Waals surface area contributed by atoms with Gasteiger partial charge in [0.2, 0.25) is 0 Å². The van der Waals surface area contributed by atoms with Gasteiger partial charge >= 0.3 is 5.97 Å². The number of carbonyl (C=O) groups excluding carboxylic acids is 1. The number of ether oxygens (including phenoxy) is 2. The van der Waals surface area contributed by atoms with E-state index in [-0.39, 0.29) is 12.2 Å². The maximum Gasteiger partial charge on any atom is 0.338 e. The Kier molecular flexibility index (Phi) is 7.05. The quantitative estimate of drug-likeness (QED) is 0.363. The normalized spacial score (nSPS) is 15.7. The van der Waals surface area contributed by atoms with Crippen molar-refractivity contribution in [3.63, 3.8) is 0 Å². The van der Waals surface area contributed by atoms with Crippen molar-refractivity contribution in [2.24, 2.45) is 4.99 Å². The molecule has 0 bridgehead atoms. The Bertz CT molecular complexity index is 1360. The van der Waals surface area contributed by atoms with Gasteiger partial charge in [0.15, 0.2) is 4.80 Å². The Morgan fingerprint density at radius 3 is 2.73 bits per heavy atom. The molecule has 170 valence electrons. The van der Waals surface area contributed by atoms with E-state index in [2.05, 4.69) is 11.6 Å². The number of hydrogen-bond donors (Lipinski definition) is 0. The predicted octanol–water partition coefficient (Wildman–Crippen LogP) is 3.81. The molecule has 1 aromatic carbocycles. The number of thiazole rings is 1. The number of thiophene rings is 1. The molecule has 0 saturated carbocycles. The van der Waals surface area contributed by atoms with E-state index in [1.165, 1.54) is 17.4 Å². The van der Waals surface area contributed by atoms with Gasteiger partial charge in [0.05, 0.1) is 28.5 Å². The van der Waals surface area contributed by atoms with Gasteiger partial charge in [-0.3, -0.25) is 9.36 Å². The molecule has 4 rings (SSSR count). The van der Waals surface area contributed by atoms with Crippen LogP contribution >= 0.6 is 22.7 Å². The molecular formula is C25H24N2O4S2. The highest BCUT2D eigenvalue weighted by atomic mass is 32.1. The van der Waals surface area contributed by atoms with Crippen LogP contribution in [0.4, 0.5) is 0 Å². The second kappa shape index (κ2) is 10.1. The van der Waals surface area contributed by atoms with Gasteiger partial charge in [-0.05, 0) is 48.6 Å². The molecule has 3 aromatic rings. The highest BCUT2D eigenvalue weighted by Crippen LogP contribution is 2.31. The predicted molar refractivity (Wildman–Crippen MR) is 131 cm³/mol. The first kappa shape index (κ1) is 22.9. The Morgan fingerprint density at radius 2 is 2.06 bits per heavy atom. The third kappa shape index (κ3) is 4.77. The Balaban J connectivity index is 1.86. The second-order valence-electron chi connectivity index (χ2n) is 7.40. The molecule has 2 aromatic heterocycles. The largest absolute Gasteiger partial charge is 0.494 e. The Hall–Kier alpha value is -3.23. The number of allylic oxidation sites excluding steroid dienone is 1. The molecule has 0 saturated heterocycles. The maximum absolute atomic E-state index is 13.5. The number of rotatable bonds is 8. The second-order valence-corrected chi connectivity index (χ2v) is 9.39. The molecule has 1 atom stereocenters. The van der Waals surface area contributed by atoms with E-state index < -0.39 is 12.0 Å². The lowest BCUT2D eigenvalue weighted by atomic mass is 9.96. The van der Waals surface area contributed by atoms with Crippen LogP contribution in [0.3, 0.4) is 0 Å². The number of nitrogens with zero attached hydrogens (tertiary/aromatic N) is 2. The number of benzene rings is 1. The minimum atomic E-state index is -0.649. The van der Waals surface area contributed by atoms with Crippen LogP contribution in [0.2, 0.25) is 0 Å². The molecule has 1 aliphatic rings. The summed E-state index contributed by atoms with van der Waals surface area (Å²) in [7, 11) is 0. The standard InChI is InChI=1S/C25H24N2O4S2/c1-4-12-30-18-10-8-17(9-11-18)22-21(24(29)31-13-5-2)16(3)26-25-27(22)23(28)20(33-25)15-19-7-6-14-32-19/h5-11,14-15,22H,2,4,12-13H2,1,3H3. The average Bonchev–Trinajstić information content (AvgIpc) is 3.43. The highest BCUT2D eigenvalue weighted by molar-refractivity contribution is 7.11. The van der Waals surface area contributed by atoms with E-state index in [0.29, 0.717) is 27.2 Å². The lowest BCUT2D eigenvalue weighted by Crippen LogP contribution is -2.39. The van der Waals surface area contributed by atoms with Gasteiger partial charge in [0.25, 0.3) is 5.56 Å². The smallest absolute Gasteiger partial charge is 0.338 e. The SMILES string of the molecule is C=CCOC(=O)C1=C(C)N=c2sc(=Cc3cccs3)c(=O)n2C1c1ccc(OCCC)cc1. The van der Waals surface area contributed by atoms with Gasteiger partial charge in [-0.2, -0.15) is 0 Å². The van der Waals surface area contributed by atoms with Crippen molar-refractivity contribution < 1.29 is 14.3 Å². The molecule has 0 amide bonds. The number of esters is 1. The number of aromatic nitrogens is 1. The lowest BCUT2D eigenvalue weighted by molar-refractivity contribution is -0.138. The summed E-state index contributed by atoms with van der Waals surface area (Å²) in [4.78, 5) is 32.6. The van der Waals surface area contributed by atoms with Crippen LogP contribution in [0.25, 0.3) is 6.08 Å². The van der Waals surface area contributed by atoms with Gasteiger partial charge in [-0.25, -0.2) is 9.79 Å². The van der Waals surface area contributed by atoms with Crippen LogP contribution in [0.15, 0.2) is 75.5 Å². The number of hydrogen-bond acceptors (Lipinski definition) is 7. The van der Waals surface area contributed by atoms with E-state index in [0.717, 1.165) is 22.6 Å². The number of carbonyl (C=O) groups is 1. The third-order valence-electron chi connectivity index (χ3n) is 5.06. The van der Waals surface area contributed by atoms with Crippen LogP contribution in [0, 0.1) is 0 Å². The summed E-state index contributed by atoms with van der Waals surface area (Å²) in [5.41, 5.74) is 1.46. The van der Waals surface area contributed by atoms with Gasteiger partial charge in [0, 0.05) is 4.88 Å². The summed E-state index contributed by atoms with van der Waals surface area (Å²) in [6, 6.07) is 10.7. The third-order valence-corrected chi connectivity index (χ3v) is 6.86. The van der Waals surface area contributed by atoms with Gasteiger partial charge in [0.1, 0.15) is 12.4 Å². The van der Waals surface area contributed by atoms with Crippen molar-refractivity contribution in [1.29, 1.82) is 0 Å². The van der Waals surface area contributed by atoms with Crippen LogP contribution < -0.4 is 19.6 Å². The van der Waals surface area contributed by atoms with E-state index >= 15 is 0 Å². The molecule has 1 unspecified atom stereocenters. The molecule has 8 heteroatoms. The van der Waals surface area contributed by atoms with Crippen molar-refractivity contribution in [3.8, 4) is 5.75 Å². The summed E-state index contributed by atoms with van der Waals surface area (Å²) in [6.07, 6.45) is 4.28. The van der Waals surface area contributed by atoms with Gasteiger partial charge in [-0.15, -0.1) is 11.3 Å². The zero-order chi connectivity index (χ0) is 23.4. The molecule has 0 fully saturated rings.